The smallest absolute Gasteiger partial charge is 0.243 e. The fourth-order valence-electron chi connectivity index (χ4n) is 9.65. The van der Waals surface area contributed by atoms with Crippen LogP contribution in [0.2, 0.25) is 0 Å². The molecule has 0 spiro atoms. The first kappa shape index (κ1) is 61.7. The van der Waals surface area contributed by atoms with Gasteiger partial charge in [0.25, 0.3) is 0 Å². The maximum absolute atomic E-state index is 15.6. The Balaban J connectivity index is 0.982. The van der Waals surface area contributed by atoms with E-state index < -0.39 is 65.9 Å². The lowest BCUT2D eigenvalue weighted by atomic mass is 9.81. The van der Waals surface area contributed by atoms with Crippen LogP contribution in [0.5, 0.6) is 5.75 Å². The Kier molecular flexibility index (Phi) is 22.0. The number of rotatable bonds is 30. The Morgan fingerprint density at radius 3 is 2.36 bits per heavy atom. The third-order valence-corrected chi connectivity index (χ3v) is 15.3. The number of fused-ring (bicyclic) bond motifs is 1. The van der Waals surface area contributed by atoms with Crippen molar-refractivity contribution in [2.75, 3.05) is 39.8 Å². The lowest BCUT2D eigenvalue weighted by Gasteiger charge is -2.28. The number of unbranched alkanes of at least 4 members (excludes halogenated alkanes) is 3. The van der Waals surface area contributed by atoms with E-state index in [2.05, 4.69) is 38.3 Å². The lowest BCUT2D eigenvalue weighted by molar-refractivity contribution is -0.140. The number of carbonyl (C=O) groups excluding carboxylic acids is 7. The van der Waals surface area contributed by atoms with Gasteiger partial charge in [0.05, 0.1) is 50.4 Å². The maximum atomic E-state index is 15.6. The van der Waals surface area contributed by atoms with Gasteiger partial charge in [-0.3, -0.25) is 43.1 Å². The second-order valence-electron chi connectivity index (χ2n) is 21.5. The summed E-state index contributed by atoms with van der Waals surface area (Å²) in [5, 5.41) is 26.1. The Morgan fingerprint density at radius 2 is 1.64 bits per heavy atom. The number of nitrogens with zero attached hydrogens (tertiary/aromatic N) is 6. The number of aliphatic hydroxyl groups is 1. The average Bonchev–Trinajstić information content (AvgIpc) is 4.08. The number of halogens is 2. The fraction of sp³-hybridized carbons (Fsp3) is 0.508. The van der Waals surface area contributed by atoms with E-state index >= 15 is 4.39 Å². The van der Waals surface area contributed by atoms with Crippen molar-refractivity contribution < 1.29 is 52.2 Å². The van der Waals surface area contributed by atoms with Crippen LogP contribution in [0.15, 0.2) is 67.0 Å². The Bertz CT molecular complexity index is 3000. The van der Waals surface area contributed by atoms with Gasteiger partial charge in [0.1, 0.15) is 17.8 Å². The van der Waals surface area contributed by atoms with E-state index in [0.717, 1.165) is 42.1 Å². The number of carbonyl (C=O) groups is 7. The molecule has 80 heavy (non-hydrogen) atoms. The molecule has 0 saturated carbocycles. The van der Waals surface area contributed by atoms with Crippen molar-refractivity contribution in [2.45, 2.75) is 131 Å². The number of imide groups is 1. The number of hydrogen-bond acceptors (Lipinski definition) is 11. The van der Waals surface area contributed by atoms with E-state index in [0.29, 0.717) is 54.8 Å². The van der Waals surface area contributed by atoms with Crippen LogP contribution < -0.4 is 26.0 Å². The zero-order valence-corrected chi connectivity index (χ0v) is 47.3. The minimum absolute atomic E-state index is 0.0304. The van der Waals surface area contributed by atoms with E-state index in [1.807, 2.05) is 34.6 Å². The topological polar surface area (TPSA) is 239 Å². The van der Waals surface area contributed by atoms with Gasteiger partial charge in [-0.25, -0.2) is 9.37 Å². The van der Waals surface area contributed by atoms with Gasteiger partial charge in [-0.1, -0.05) is 84.2 Å². The molecule has 7 amide bonds. The number of pyridine rings is 1. The zero-order valence-electron chi connectivity index (χ0n) is 47.3. The number of likely N-dealkylation sites (tertiary alicyclic amines) is 1. The van der Waals surface area contributed by atoms with Crippen molar-refractivity contribution in [3.63, 3.8) is 0 Å². The van der Waals surface area contributed by atoms with Crippen molar-refractivity contribution in [3.8, 4) is 16.9 Å². The van der Waals surface area contributed by atoms with Crippen LogP contribution in [-0.4, -0.2) is 121 Å². The van der Waals surface area contributed by atoms with E-state index in [4.69, 9.17) is 4.74 Å². The highest BCUT2D eigenvalue weighted by Crippen LogP contribution is 2.39. The molecular weight excluding hydrogens is 1030 g/mol. The fourth-order valence-corrected chi connectivity index (χ4v) is 9.65. The molecule has 0 aliphatic carbocycles. The first-order valence-corrected chi connectivity index (χ1v) is 27.6. The van der Waals surface area contributed by atoms with Gasteiger partial charge in [-0.05, 0) is 73.8 Å². The highest BCUT2D eigenvalue weighted by Gasteiger charge is 2.40. The minimum Gasteiger partial charge on any atom is -0.489 e. The molecule has 3 unspecified atom stereocenters. The van der Waals surface area contributed by atoms with Crippen molar-refractivity contribution in [1.82, 2.24) is 50.2 Å². The molecule has 21 heteroatoms. The second kappa shape index (κ2) is 28.5. The van der Waals surface area contributed by atoms with E-state index in [1.165, 1.54) is 15.9 Å². The summed E-state index contributed by atoms with van der Waals surface area (Å²) in [4.78, 5) is 98.0. The SMILES string of the molecule is CCCCC(C)C1CC(=O)N(CCCCCC(=O)NCC(=O)NCC(=O)N[C@@H](Cc2ccccc2)C(=O)NCC(=O)N(C)Cc2cnc3ccc(-c4ccc(F)c(F)c4OCCc4c(C(O)C(C)(C)CC)nn(C)c4C)cn23)C1=O. The van der Waals surface area contributed by atoms with Crippen LogP contribution in [0.1, 0.15) is 127 Å². The third-order valence-electron chi connectivity index (χ3n) is 15.3. The first-order valence-electron chi connectivity index (χ1n) is 27.6. The average molecular weight is 1110 g/mol. The van der Waals surface area contributed by atoms with Crippen LogP contribution in [0.3, 0.4) is 0 Å². The van der Waals surface area contributed by atoms with Crippen LogP contribution in [0, 0.1) is 35.8 Å². The third kappa shape index (κ3) is 16.1. The number of nitrogens with one attached hydrogen (secondary N) is 4. The summed E-state index contributed by atoms with van der Waals surface area (Å²) >= 11 is 0. The predicted octanol–water partition coefficient (Wildman–Crippen LogP) is 6.21. The molecule has 432 valence electrons. The minimum atomic E-state index is -1.16. The van der Waals surface area contributed by atoms with E-state index in [9.17, 15) is 43.1 Å². The van der Waals surface area contributed by atoms with Crippen LogP contribution in [0.25, 0.3) is 16.8 Å². The summed E-state index contributed by atoms with van der Waals surface area (Å²) in [6.07, 6.45) is 8.40. The second-order valence-corrected chi connectivity index (χ2v) is 21.5. The molecule has 4 heterocycles. The highest BCUT2D eigenvalue weighted by atomic mass is 19.2. The Labute approximate surface area is 466 Å². The number of imidazole rings is 1. The quantitative estimate of drug-likeness (QED) is 0.0256. The summed E-state index contributed by atoms with van der Waals surface area (Å²) in [6, 6.07) is 13.6. The Hall–Kier alpha value is -7.55. The molecule has 0 radical (unpaired) electrons. The van der Waals surface area contributed by atoms with Crippen molar-refractivity contribution in [3.05, 3.63) is 107 Å². The molecule has 6 rings (SSSR count). The zero-order chi connectivity index (χ0) is 58.3. The van der Waals surface area contributed by atoms with E-state index in [1.54, 1.807) is 78.0 Å². The van der Waals surface area contributed by atoms with E-state index in [-0.39, 0.29) is 86.2 Å². The number of likely N-dealkylation sites (N-methyl/N-ethyl adjacent to an activating group) is 1. The largest absolute Gasteiger partial charge is 0.489 e. The number of hydrogen-bond donors (Lipinski definition) is 5. The number of benzene rings is 2. The molecule has 1 aliphatic heterocycles. The predicted molar refractivity (Wildman–Crippen MR) is 296 cm³/mol. The van der Waals surface area contributed by atoms with Gasteiger partial charge in [-0.15, -0.1) is 0 Å². The monoisotopic (exact) mass is 1110 g/mol. The maximum Gasteiger partial charge on any atom is 0.243 e. The number of aliphatic hydroxyl groups excluding tert-OH is 1. The van der Waals surface area contributed by atoms with Gasteiger partial charge in [0, 0.05) is 80.8 Å². The summed E-state index contributed by atoms with van der Waals surface area (Å²) in [5.41, 5.74) is 4.15. The summed E-state index contributed by atoms with van der Waals surface area (Å²) < 4.78 is 39.9. The molecule has 4 atom stereocenters. The summed E-state index contributed by atoms with van der Waals surface area (Å²) in [6.45, 7) is 10.9. The molecule has 5 N–H and O–H groups in total. The van der Waals surface area contributed by atoms with Crippen molar-refractivity contribution in [2.24, 2.45) is 24.3 Å². The molecule has 5 aromatic rings. The van der Waals surface area contributed by atoms with Crippen LogP contribution in [-0.2, 0) is 60.0 Å². The lowest BCUT2D eigenvalue weighted by Crippen LogP contribution is -2.52. The number of aryl methyl sites for hydroxylation is 1. The summed E-state index contributed by atoms with van der Waals surface area (Å²) in [7, 11) is 3.32. The van der Waals surface area contributed by atoms with Crippen molar-refractivity contribution in [1.29, 1.82) is 0 Å². The normalized spacial score (nSPS) is 14.7. The molecule has 3 aromatic heterocycles. The molecule has 2 aromatic carbocycles. The first-order chi connectivity index (χ1) is 38.1. The molecule has 1 saturated heterocycles. The molecule has 1 fully saturated rings. The molecule has 19 nitrogen and oxygen atoms in total. The molecule has 1 aliphatic rings. The Morgan fingerprint density at radius 1 is 0.912 bits per heavy atom. The number of ether oxygens (including phenoxy) is 1. The van der Waals surface area contributed by atoms with Gasteiger partial charge in [0.15, 0.2) is 11.6 Å². The van der Waals surface area contributed by atoms with Crippen LogP contribution in [0.4, 0.5) is 8.78 Å². The van der Waals surface area contributed by atoms with Gasteiger partial charge in [-0.2, -0.15) is 9.49 Å². The number of amides is 7. The highest BCUT2D eigenvalue weighted by molar-refractivity contribution is 6.03. The molecular formula is C59H78F2N10O9. The number of aromatic nitrogens is 4. The van der Waals surface area contributed by atoms with Gasteiger partial charge in [0.2, 0.25) is 47.2 Å². The standard InChI is InChI=1S/C59H78F2N10O9/c1-9-11-18-37(3)44-30-51(75)70(58(44)79)27-17-13-16-21-48(72)63-32-49(73)64-33-50(74)66-46(29-39-19-14-12-15-20-39)57(78)65-34-52(76)68(7)36-41-31-62-47-25-22-40(35-71(41)47)43-23-24-45(60)53(61)55(43)80-28-26-42-38(4)69(8)67-54(42)56(77)59(5,6)10-2/h12,14-15,19-20,22-25,31,35,37,44,46,56,77H,9-11,13,16-18,21,26-30,32-34,36H2,1-8H3,(H,63,72)(H,64,73)(H,65,78)(H,66,74)/t37?,44?,46-,56?/m0/s1. The van der Waals surface area contributed by atoms with Gasteiger partial charge < -0.3 is 40.4 Å². The van der Waals surface area contributed by atoms with Crippen molar-refractivity contribution >= 4 is 47.0 Å². The van der Waals surface area contributed by atoms with Gasteiger partial charge >= 0.3 is 0 Å². The van der Waals surface area contributed by atoms with Crippen LogP contribution >= 0.6 is 0 Å². The molecule has 0 bridgehead atoms. The summed E-state index contributed by atoms with van der Waals surface area (Å²) in [5.74, 6) is -5.75.